The van der Waals surface area contributed by atoms with E-state index in [9.17, 15) is 9.18 Å². The zero-order valence-electron chi connectivity index (χ0n) is 13.2. The van der Waals surface area contributed by atoms with Crippen molar-refractivity contribution in [3.05, 3.63) is 35.6 Å². The average molecular weight is 318 g/mol. The molecule has 2 saturated heterocycles. The molecule has 0 spiro atoms. The van der Waals surface area contributed by atoms with E-state index in [-0.39, 0.29) is 24.0 Å². The molecule has 0 radical (unpaired) electrons. The first-order chi connectivity index (χ1) is 11.2. The summed E-state index contributed by atoms with van der Waals surface area (Å²) in [7, 11) is 0. The van der Waals surface area contributed by atoms with Crippen molar-refractivity contribution >= 4 is 6.03 Å². The molecular formula is C18H23FN2O2. The highest BCUT2D eigenvalue weighted by atomic mass is 19.1. The number of benzene rings is 1. The van der Waals surface area contributed by atoms with Crippen molar-refractivity contribution in [3.63, 3.8) is 0 Å². The van der Waals surface area contributed by atoms with Crippen LogP contribution in [0, 0.1) is 11.7 Å². The van der Waals surface area contributed by atoms with E-state index in [1.54, 1.807) is 12.1 Å². The smallest absolute Gasteiger partial charge is 0.318 e. The first-order valence-electron chi connectivity index (χ1n) is 8.63. The van der Waals surface area contributed by atoms with E-state index in [2.05, 4.69) is 5.32 Å². The molecule has 3 atom stereocenters. The zero-order chi connectivity index (χ0) is 15.8. The summed E-state index contributed by atoms with van der Waals surface area (Å²) in [5.41, 5.74) is 0.964. The number of halogens is 1. The second-order valence-corrected chi connectivity index (χ2v) is 7.12. The lowest BCUT2D eigenvalue weighted by molar-refractivity contribution is 0.0968. The Balaban J connectivity index is 1.40. The molecule has 1 saturated carbocycles. The van der Waals surface area contributed by atoms with Crippen LogP contribution < -0.4 is 5.32 Å². The number of nitrogens with one attached hydrogen (secondary N) is 1. The predicted octanol–water partition coefficient (Wildman–Crippen LogP) is 3.07. The summed E-state index contributed by atoms with van der Waals surface area (Å²) in [6, 6.07) is 6.55. The van der Waals surface area contributed by atoms with Gasteiger partial charge in [-0.15, -0.1) is 0 Å². The minimum Gasteiger partial charge on any atom is -0.373 e. The van der Waals surface area contributed by atoms with Crippen LogP contribution in [0.25, 0.3) is 0 Å². The first-order valence-corrected chi connectivity index (χ1v) is 8.63. The van der Waals surface area contributed by atoms with Gasteiger partial charge in [-0.25, -0.2) is 9.18 Å². The van der Waals surface area contributed by atoms with Crippen molar-refractivity contribution in [3.8, 4) is 0 Å². The molecule has 2 bridgehead atoms. The van der Waals surface area contributed by atoms with Gasteiger partial charge >= 0.3 is 6.03 Å². The molecule has 0 unspecified atom stereocenters. The van der Waals surface area contributed by atoms with Gasteiger partial charge in [-0.1, -0.05) is 12.1 Å². The molecule has 23 heavy (non-hydrogen) atoms. The molecule has 2 aliphatic heterocycles. The second-order valence-electron chi connectivity index (χ2n) is 7.12. The number of carbonyl (C=O) groups is 1. The molecule has 0 aromatic heterocycles. The number of amides is 2. The van der Waals surface area contributed by atoms with Gasteiger partial charge in [-0.2, -0.15) is 0 Å². The third kappa shape index (κ3) is 3.50. The molecule has 3 fully saturated rings. The highest BCUT2D eigenvalue weighted by Crippen LogP contribution is 2.35. The summed E-state index contributed by atoms with van der Waals surface area (Å²) in [5, 5.41) is 3.16. The van der Waals surface area contributed by atoms with Crippen LogP contribution in [0.2, 0.25) is 0 Å². The Morgan fingerprint density at radius 1 is 1.22 bits per heavy atom. The van der Waals surface area contributed by atoms with E-state index in [0.29, 0.717) is 18.6 Å². The van der Waals surface area contributed by atoms with Gasteiger partial charge in [-0.05, 0) is 55.7 Å². The van der Waals surface area contributed by atoms with E-state index in [0.717, 1.165) is 31.4 Å². The number of urea groups is 1. The van der Waals surface area contributed by atoms with E-state index in [1.807, 2.05) is 4.90 Å². The highest BCUT2D eigenvalue weighted by molar-refractivity contribution is 5.74. The fourth-order valence-electron chi connectivity index (χ4n) is 3.68. The minimum absolute atomic E-state index is 0.0117. The number of hydrogen-bond donors (Lipinski definition) is 1. The summed E-state index contributed by atoms with van der Waals surface area (Å²) in [6.45, 7) is 1.31. The van der Waals surface area contributed by atoms with Gasteiger partial charge in [0.25, 0.3) is 0 Å². The Labute approximate surface area is 136 Å². The SMILES string of the molecule is O=C(N[C@@H]1C[C@H]2CC[C@H]1O2)N(Cc1ccc(F)cc1)CC1CC1. The molecule has 4 nitrogen and oxygen atoms in total. The van der Waals surface area contributed by atoms with Crippen molar-refractivity contribution in [2.75, 3.05) is 6.54 Å². The zero-order valence-corrected chi connectivity index (χ0v) is 13.2. The predicted molar refractivity (Wildman–Crippen MR) is 84.4 cm³/mol. The van der Waals surface area contributed by atoms with Gasteiger partial charge < -0.3 is 15.0 Å². The lowest BCUT2D eigenvalue weighted by Crippen LogP contribution is -2.48. The van der Waals surface area contributed by atoms with Crippen molar-refractivity contribution in [1.82, 2.24) is 10.2 Å². The van der Waals surface area contributed by atoms with Crippen LogP contribution in [0.1, 0.15) is 37.7 Å². The molecule has 1 N–H and O–H groups in total. The standard InChI is InChI=1S/C18H23FN2O2/c19-14-5-3-13(4-6-14)11-21(10-12-1-2-12)18(22)20-16-9-15-7-8-17(16)23-15/h3-6,12,15-17H,1-2,7-11H2,(H,20,22)/t15-,16-,17-/m1/s1. The van der Waals surface area contributed by atoms with Crippen LogP contribution in [0.3, 0.4) is 0 Å². The lowest BCUT2D eigenvalue weighted by Gasteiger charge is -2.27. The molecule has 2 heterocycles. The Bertz CT molecular complexity index is 573. The first kappa shape index (κ1) is 14.9. The van der Waals surface area contributed by atoms with Gasteiger partial charge in [0.1, 0.15) is 5.82 Å². The van der Waals surface area contributed by atoms with Crippen LogP contribution >= 0.6 is 0 Å². The number of fused-ring (bicyclic) bond motifs is 2. The van der Waals surface area contributed by atoms with Gasteiger partial charge in [-0.3, -0.25) is 0 Å². The quantitative estimate of drug-likeness (QED) is 0.906. The summed E-state index contributed by atoms with van der Waals surface area (Å²) in [4.78, 5) is 14.6. The minimum atomic E-state index is -0.244. The molecule has 5 heteroatoms. The molecule has 3 aliphatic rings. The maximum absolute atomic E-state index is 13.1. The third-order valence-corrected chi connectivity index (χ3v) is 5.16. The number of carbonyl (C=O) groups excluding carboxylic acids is 1. The van der Waals surface area contributed by atoms with E-state index < -0.39 is 0 Å². The maximum Gasteiger partial charge on any atom is 0.318 e. The van der Waals surface area contributed by atoms with Crippen molar-refractivity contribution in [2.24, 2.45) is 5.92 Å². The van der Waals surface area contributed by atoms with Crippen LogP contribution in [-0.4, -0.2) is 35.7 Å². The fourth-order valence-corrected chi connectivity index (χ4v) is 3.68. The third-order valence-electron chi connectivity index (χ3n) is 5.16. The topological polar surface area (TPSA) is 41.6 Å². The van der Waals surface area contributed by atoms with E-state index in [4.69, 9.17) is 4.74 Å². The number of hydrogen-bond acceptors (Lipinski definition) is 2. The summed E-state index contributed by atoms with van der Waals surface area (Å²) >= 11 is 0. The molecule has 1 aliphatic carbocycles. The van der Waals surface area contributed by atoms with Gasteiger partial charge in [0.15, 0.2) is 0 Å². The maximum atomic E-state index is 13.1. The number of ether oxygens (including phenoxy) is 1. The van der Waals surface area contributed by atoms with Crippen LogP contribution in [0.5, 0.6) is 0 Å². The summed E-state index contributed by atoms with van der Waals surface area (Å²) in [5.74, 6) is 0.378. The van der Waals surface area contributed by atoms with Gasteiger partial charge in [0.2, 0.25) is 0 Å². The molecule has 124 valence electrons. The van der Waals surface area contributed by atoms with Crippen LogP contribution in [0.15, 0.2) is 24.3 Å². The number of rotatable bonds is 5. The van der Waals surface area contributed by atoms with Crippen LogP contribution in [-0.2, 0) is 11.3 Å². The molecule has 2 amide bonds. The second kappa shape index (κ2) is 6.11. The van der Waals surface area contributed by atoms with Gasteiger partial charge in [0, 0.05) is 13.1 Å². The fraction of sp³-hybridized carbons (Fsp3) is 0.611. The Kier molecular flexibility index (Phi) is 3.97. The largest absolute Gasteiger partial charge is 0.373 e. The highest BCUT2D eigenvalue weighted by Gasteiger charge is 2.42. The normalized spacial score (nSPS) is 28.8. The van der Waals surface area contributed by atoms with Crippen molar-refractivity contribution in [2.45, 2.75) is 56.9 Å². The molecule has 4 rings (SSSR count). The van der Waals surface area contributed by atoms with E-state index >= 15 is 0 Å². The molecule has 1 aromatic rings. The lowest BCUT2D eigenvalue weighted by atomic mass is 9.96. The summed E-state index contributed by atoms with van der Waals surface area (Å²) in [6.07, 6.45) is 6.03. The Morgan fingerprint density at radius 2 is 2.00 bits per heavy atom. The molecule has 1 aromatic carbocycles. The monoisotopic (exact) mass is 318 g/mol. The Hall–Kier alpha value is -1.62. The van der Waals surface area contributed by atoms with Crippen molar-refractivity contribution in [1.29, 1.82) is 0 Å². The Morgan fingerprint density at radius 3 is 2.61 bits per heavy atom. The van der Waals surface area contributed by atoms with Gasteiger partial charge in [0.05, 0.1) is 18.2 Å². The number of nitrogens with zero attached hydrogens (tertiary/aromatic N) is 1. The van der Waals surface area contributed by atoms with Crippen LogP contribution in [0.4, 0.5) is 9.18 Å². The van der Waals surface area contributed by atoms with Crippen molar-refractivity contribution < 1.29 is 13.9 Å². The van der Waals surface area contributed by atoms with E-state index in [1.165, 1.54) is 25.0 Å². The average Bonchev–Trinajstić information content (AvgIpc) is 3.12. The summed E-state index contributed by atoms with van der Waals surface area (Å²) < 4.78 is 18.9. The molecular weight excluding hydrogens is 295 g/mol.